The number of hydrogen-bond acceptors (Lipinski definition) is 2. The average molecular weight is 422 g/mol. The largest absolute Gasteiger partial charge is 0.484 e. The molecule has 0 aromatic heterocycles. The number of halogens is 3. The summed E-state index contributed by atoms with van der Waals surface area (Å²) in [6, 6.07) is 12.4. The summed E-state index contributed by atoms with van der Waals surface area (Å²) in [7, 11) is 0. The Labute approximate surface area is 140 Å². The van der Waals surface area contributed by atoms with Crippen LogP contribution in [-0.4, -0.2) is 12.5 Å². The van der Waals surface area contributed by atoms with Gasteiger partial charge >= 0.3 is 0 Å². The highest BCUT2D eigenvalue weighted by Gasteiger charge is 2.07. The molecule has 2 aromatic carbocycles. The molecule has 6 heteroatoms. The Balaban J connectivity index is 1.92. The number of hydrogen-bond donors (Lipinski definition) is 1. The van der Waals surface area contributed by atoms with Crippen molar-refractivity contribution in [2.75, 3.05) is 11.9 Å². The SMILES string of the molecule is O=C(COc1ccc(Cl)c(Cl)c1)Nc1ccccc1I. The topological polar surface area (TPSA) is 38.3 Å². The molecular weight excluding hydrogens is 412 g/mol. The first-order valence-corrected chi connectivity index (χ1v) is 7.52. The van der Waals surface area contributed by atoms with Crippen LogP contribution in [0.15, 0.2) is 42.5 Å². The zero-order valence-corrected chi connectivity index (χ0v) is 13.9. The summed E-state index contributed by atoms with van der Waals surface area (Å²) in [5.74, 6) is 0.262. The fourth-order valence-corrected chi connectivity index (χ4v) is 2.27. The normalized spacial score (nSPS) is 10.2. The van der Waals surface area contributed by atoms with Gasteiger partial charge in [0.1, 0.15) is 5.75 Å². The third-order valence-electron chi connectivity index (χ3n) is 2.41. The number of anilines is 1. The number of carbonyl (C=O) groups excluding carboxylic acids is 1. The number of nitrogens with one attached hydrogen (secondary N) is 1. The van der Waals surface area contributed by atoms with Crippen LogP contribution in [0.25, 0.3) is 0 Å². The molecule has 2 aromatic rings. The number of ether oxygens (including phenoxy) is 1. The molecule has 0 heterocycles. The summed E-state index contributed by atoms with van der Waals surface area (Å²) in [6.45, 7) is -0.0943. The molecule has 0 bridgehead atoms. The predicted molar refractivity (Wildman–Crippen MR) is 89.7 cm³/mol. The molecule has 2 rings (SSSR count). The molecule has 1 N–H and O–H groups in total. The summed E-state index contributed by atoms with van der Waals surface area (Å²) >= 11 is 13.8. The van der Waals surface area contributed by atoms with Crippen LogP contribution in [0.1, 0.15) is 0 Å². The van der Waals surface area contributed by atoms with E-state index in [9.17, 15) is 4.79 Å². The first kappa shape index (κ1) is 15.4. The Morgan fingerprint density at radius 3 is 2.60 bits per heavy atom. The first-order chi connectivity index (χ1) is 9.56. The molecule has 0 aliphatic heterocycles. The number of amides is 1. The summed E-state index contributed by atoms with van der Waals surface area (Å²) in [5, 5.41) is 3.61. The van der Waals surface area contributed by atoms with Gasteiger partial charge in [-0.1, -0.05) is 35.3 Å². The van der Waals surface area contributed by atoms with Crippen LogP contribution in [-0.2, 0) is 4.79 Å². The van der Waals surface area contributed by atoms with Crippen LogP contribution in [0, 0.1) is 3.57 Å². The van der Waals surface area contributed by atoms with Gasteiger partial charge in [-0.05, 0) is 46.9 Å². The van der Waals surface area contributed by atoms with Crippen molar-refractivity contribution in [3.63, 3.8) is 0 Å². The van der Waals surface area contributed by atoms with E-state index >= 15 is 0 Å². The van der Waals surface area contributed by atoms with Crippen LogP contribution in [0.2, 0.25) is 10.0 Å². The zero-order valence-electron chi connectivity index (χ0n) is 10.2. The number of carbonyl (C=O) groups is 1. The number of benzene rings is 2. The van der Waals surface area contributed by atoms with E-state index in [1.165, 1.54) is 0 Å². The lowest BCUT2D eigenvalue weighted by Gasteiger charge is -2.09. The molecule has 0 spiro atoms. The van der Waals surface area contributed by atoms with Crippen molar-refractivity contribution < 1.29 is 9.53 Å². The van der Waals surface area contributed by atoms with Gasteiger partial charge < -0.3 is 10.1 Å². The lowest BCUT2D eigenvalue weighted by atomic mass is 10.3. The molecule has 0 saturated heterocycles. The minimum Gasteiger partial charge on any atom is -0.484 e. The first-order valence-electron chi connectivity index (χ1n) is 5.68. The molecule has 0 unspecified atom stereocenters. The van der Waals surface area contributed by atoms with Crippen molar-refractivity contribution in [1.82, 2.24) is 0 Å². The second kappa shape index (κ2) is 7.15. The van der Waals surface area contributed by atoms with E-state index in [4.69, 9.17) is 27.9 Å². The summed E-state index contributed by atoms with van der Waals surface area (Å²) in [5.41, 5.74) is 0.760. The van der Waals surface area contributed by atoms with Crippen molar-refractivity contribution >= 4 is 57.4 Å². The van der Waals surface area contributed by atoms with Gasteiger partial charge in [-0.15, -0.1) is 0 Å². The highest BCUT2D eigenvalue weighted by Crippen LogP contribution is 2.26. The second-order valence-electron chi connectivity index (χ2n) is 3.89. The highest BCUT2D eigenvalue weighted by atomic mass is 127. The lowest BCUT2D eigenvalue weighted by molar-refractivity contribution is -0.118. The van der Waals surface area contributed by atoms with E-state index in [-0.39, 0.29) is 12.5 Å². The number of rotatable bonds is 4. The van der Waals surface area contributed by atoms with Crippen molar-refractivity contribution in [3.8, 4) is 5.75 Å². The van der Waals surface area contributed by atoms with Gasteiger partial charge in [0, 0.05) is 9.64 Å². The molecule has 0 aliphatic carbocycles. The predicted octanol–water partition coefficient (Wildman–Crippen LogP) is 4.62. The molecule has 3 nitrogen and oxygen atoms in total. The van der Waals surface area contributed by atoms with E-state index in [0.717, 1.165) is 9.26 Å². The monoisotopic (exact) mass is 421 g/mol. The smallest absolute Gasteiger partial charge is 0.262 e. The highest BCUT2D eigenvalue weighted by molar-refractivity contribution is 14.1. The molecule has 0 aliphatic rings. The Hall–Kier alpha value is -0.980. The maximum absolute atomic E-state index is 11.8. The van der Waals surface area contributed by atoms with Crippen molar-refractivity contribution in [2.45, 2.75) is 0 Å². The van der Waals surface area contributed by atoms with E-state index in [1.54, 1.807) is 18.2 Å². The minimum absolute atomic E-state index is 0.0943. The Morgan fingerprint density at radius 2 is 1.90 bits per heavy atom. The lowest BCUT2D eigenvalue weighted by Crippen LogP contribution is -2.20. The quantitative estimate of drug-likeness (QED) is 0.731. The minimum atomic E-state index is -0.236. The fraction of sp³-hybridized carbons (Fsp3) is 0.0714. The standard InChI is InChI=1S/C14H10Cl2INO2/c15-10-6-5-9(7-11(10)16)20-8-14(19)18-13-4-2-1-3-12(13)17/h1-7H,8H2,(H,18,19). The third kappa shape index (κ3) is 4.26. The van der Waals surface area contributed by atoms with Crippen molar-refractivity contribution in [3.05, 3.63) is 56.1 Å². The zero-order chi connectivity index (χ0) is 14.5. The van der Waals surface area contributed by atoms with Gasteiger partial charge in [0.25, 0.3) is 5.91 Å². The summed E-state index contributed by atoms with van der Waals surface area (Å²) in [6.07, 6.45) is 0. The Bertz CT molecular complexity index is 634. The van der Waals surface area contributed by atoms with Gasteiger partial charge in [-0.3, -0.25) is 4.79 Å². The van der Waals surface area contributed by atoms with E-state index in [0.29, 0.717) is 15.8 Å². The second-order valence-corrected chi connectivity index (χ2v) is 5.87. The van der Waals surface area contributed by atoms with Crippen LogP contribution < -0.4 is 10.1 Å². The Kier molecular flexibility index (Phi) is 5.51. The summed E-state index contributed by atoms with van der Waals surface area (Å²) in [4.78, 5) is 11.8. The van der Waals surface area contributed by atoms with Gasteiger partial charge in [0.2, 0.25) is 0 Å². The molecule has 0 radical (unpaired) electrons. The van der Waals surface area contributed by atoms with E-state index in [2.05, 4.69) is 27.9 Å². The van der Waals surface area contributed by atoms with Crippen LogP contribution in [0.5, 0.6) is 5.75 Å². The van der Waals surface area contributed by atoms with Gasteiger partial charge in [-0.2, -0.15) is 0 Å². The van der Waals surface area contributed by atoms with Crippen molar-refractivity contribution in [1.29, 1.82) is 0 Å². The van der Waals surface area contributed by atoms with Crippen LogP contribution in [0.3, 0.4) is 0 Å². The molecule has 0 saturated carbocycles. The maximum Gasteiger partial charge on any atom is 0.262 e. The summed E-state index contributed by atoms with van der Waals surface area (Å²) < 4.78 is 6.32. The molecule has 1 amide bonds. The molecule has 0 atom stereocenters. The maximum atomic E-state index is 11.8. The fourth-order valence-electron chi connectivity index (χ4n) is 1.46. The van der Waals surface area contributed by atoms with Gasteiger partial charge in [0.05, 0.1) is 15.7 Å². The van der Waals surface area contributed by atoms with Gasteiger partial charge in [-0.25, -0.2) is 0 Å². The molecule has 20 heavy (non-hydrogen) atoms. The third-order valence-corrected chi connectivity index (χ3v) is 4.09. The number of para-hydroxylation sites is 1. The van der Waals surface area contributed by atoms with Crippen molar-refractivity contribution in [2.24, 2.45) is 0 Å². The van der Waals surface area contributed by atoms with Crippen LogP contribution in [0.4, 0.5) is 5.69 Å². The molecule has 0 fully saturated rings. The average Bonchev–Trinajstić information content (AvgIpc) is 2.43. The van der Waals surface area contributed by atoms with Gasteiger partial charge in [0.15, 0.2) is 6.61 Å². The van der Waals surface area contributed by atoms with E-state index in [1.807, 2.05) is 24.3 Å². The molecule has 104 valence electrons. The van der Waals surface area contributed by atoms with Crippen LogP contribution >= 0.6 is 45.8 Å². The van der Waals surface area contributed by atoms with E-state index < -0.39 is 0 Å². The molecular formula is C14H10Cl2INO2. The Morgan fingerprint density at radius 1 is 1.15 bits per heavy atom.